The Bertz CT molecular complexity index is 972. The topological polar surface area (TPSA) is 63.5 Å². The molecule has 1 saturated heterocycles. The van der Waals surface area contributed by atoms with E-state index in [1.54, 1.807) is 18.2 Å². The molecule has 1 aliphatic carbocycles. The fraction of sp³-hybridized carbons (Fsp3) is 0.550. The van der Waals surface area contributed by atoms with Crippen LogP contribution in [0, 0.1) is 0 Å². The lowest BCUT2D eigenvalue weighted by atomic mass is 10.1. The van der Waals surface area contributed by atoms with E-state index in [-0.39, 0.29) is 23.9 Å². The van der Waals surface area contributed by atoms with Gasteiger partial charge >= 0.3 is 6.18 Å². The monoisotopic (exact) mass is 421 g/mol. The van der Waals surface area contributed by atoms with Gasteiger partial charge in [0.1, 0.15) is 11.5 Å². The van der Waals surface area contributed by atoms with E-state index in [1.165, 1.54) is 4.68 Å². The summed E-state index contributed by atoms with van der Waals surface area (Å²) in [5.74, 6) is 0.381. The molecule has 0 bridgehead atoms. The maximum Gasteiger partial charge on any atom is 0.435 e. The number of carbonyl (C=O) groups excluding carboxylic acids is 1. The zero-order valence-corrected chi connectivity index (χ0v) is 16.5. The molecule has 0 unspecified atom stereocenters. The van der Waals surface area contributed by atoms with Crippen LogP contribution in [-0.4, -0.2) is 57.9 Å². The molecule has 0 N–H and O–H groups in total. The number of nitrogens with zero attached hydrogens (tertiary/aromatic N) is 5. The van der Waals surface area contributed by atoms with Crippen molar-refractivity contribution in [3.63, 3.8) is 0 Å². The number of amides is 1. The summed E-state index contributed by atoms with van der Waals surface area (Å²) >= 11 is 0. The number of fused-ring (bicyclic) bond motifs is 3. The quantitative estimate of drug-likeness (QED) is 0.763. The van der Waals surface area contributed by atoms with Gasteiger partial charge in [0.15, 0.2) is 5.69 Å². The summed E-state index contributed by atoms with van der Waals surface area (Å²) in [4.78, 5) is 21.7. The molecule has 2 aromatic rings. The first-order chi connectivity index (χ1) is 14.3. The standard InChI is InChI=1S/C20H22F3N5O2/c1-30-15-7-14-10-26(9-12-3-2-6-24-18(12)27(14)11-15)19(29)16-8-17(20(21,22)23)25-28(16)13-4-5-13/h2-3,6,8,13-15H,4-5,7,9-11H2,1H3/t14-,15+/m0/s1. The highest BCUT2D eigenvalue weighted by Gasteiger charge is 2.42. The Morgan fingerprint density at radius 2 is 2.03 bits per heavy atom. The smallest absolute Gasteiger partial charge is 0.380 e. The zero-order valence-electron chi connectivity index (χ0n) is 16.5. The van der Waals surface area contributed by atoms with Crippen LogP contribution in [0.4, 0.5) is 19.0 Å². The van der Waals surface area contributed by atoms with E-state index in [0.717, 1.165) is 36.7 Å². The van der Waals surface area contributed by atoms with E-state index < -0.39 is 17.8 Å². The lowest BCUT2D eigenvalue weighted by molar-refractivity contribution is -0.141. The third-order valence-electron chi connectivity index (χ3n) is 6.07. The largest absolute Gasteiger partial charge is 0.435 e. The van der Waals surface area contributed by atoms with Crippen molar-refractivity contribution in [1.29, 1.82) is 0 Å². The van der Waals surface area contributed by atoms with Gasteiger partial charge in [-0.05, 0) is 25.3 Å². The number of methoxy groups -OCH3 is 1. The van der Waals surface area contributed by atoms with Crippen LogP contribution in [0.2, 0.25) is 0 Å². The van der Waals surface area contributed by atoms with Gasteiger partial charge in [0, 0.05) is 44.6 Å². The van der Waals surface area contributed by atoms with E-state index in [1.807, 2.05) is 12.1 Å². The minimum atomic E-state index is -4.58. The van der Waals surface area contributed by atoms with Gasteiger partial charge in [-0.3, -0.25) is 9.48 Å². The molecule has 4 heterocycles. The number of ether oxygens (including phenoxy) is 1. The molecule has 10 heteroatoms. The second-order valence-corrected chi connectivity index (χ2v) is 8.16. The number of alkyl halides is 3. The van der Waals surface area contributed by atoms with Crippen LogP contribution in [0.15, 0.2) is 24.4 Å². The Balaban J connectivity index is 1.50. The lowest BCUT2D eigenvalue weighted by Crippen LogP contribution is -2.40. The van der Waals surface area contributed by atoms with Crippen molar-refractivity contribution < 1.29 is 22.7 Å². The second kappa shape index (κ2) is 6.97. The summed E-state index contributed by atoms with van der Waals surface area (Å²) in [6, 6.07) is 4.46. The summed E-state index contributed by atoms with van der Waals surface area (Å²) in [5.41, 5.74) is -0.139. The third kappa shape index (κ3) is 3.32. The van der Waals surface area contributed by atoms with Gasteiger partial charge in [-0.1, -0.05) is 6.07 Å². The number of hydrogen-bond donors (Lipinski definition) is 0. The summed E-state index contributed by atoms with van der Waals surface area (Å²) in [7, 11) is 1.66. The molecule has 0 aromatic carbocycles. The van der Waals surface area contributed by atoms with Crippen molar-refractivity contribution in [3.8, 4) is 0 Å². The first-order valence-corrected chi connectivity index (χ1v) is 10.0. The van der Waals surface area contributed by atoms with Crippen LogP contribution >= 0.6 is 0 Å². The predicted octanol–water partition coefficient (Wildman–Crippen LogP) is 2.88. The molecular formula is C20H22F3N5O2. The van der Waals surface area contributed by atoms with E-state index >= 15 is 0 Å². The fourth-order valence-electron chi connectivity index (χ4n) is 4.42. The van der Waals surface area contributed by atoms with Gasteiger partial charge in [-0.15, -0.1) is 0 Å². The van der Waals surface area contributed by atoms with Crippen molar-refractivity contribution in [1.82, 2.24) is 19.7 Å². The van der Waals surface area contributed by atoms with Crippen LogP contribution < -0.4 is 4.90 Å². The number of rotatable bonds is 3. The molecule has 30 heavy (non-hydrogen) atoms. The van der Waals surface area contributed by atoms with Crippen molar-refractivity contribution in [3.05, 3.63) is 41.3 Å². The average molecular weight is 421 g/mol. The molecule has 3 aliphatic rings. The first-order valence-electron chi connectivity index (χ1n) is 10.0. The molecule has 1 amide bonds. The highest BCUT2D eigenvalue weighted by atomic mass is 19.4. The number of pyridine rings is 1. The van der Waals surface area contributed by atoms with E-state index in [4.69, 9.17) is 4.74 Å². The van der Waals surface area contributed by atoms with Crippen LogP contribution in [-0.2, 0) is 17.5 Å². The van der Waals surface area contributed by atoms with Gasteiger partial charge in [0.05, 0.1) is 18.2 Å². The molecule has 2 aliphatic heterocycles. The molecule has 7 nitrogen and oxygen atoms in total. The summed E-state index contributed by atoms with van der Waals surface area (Å²) < 4.78 is 46.6. The molecule has 5 rings (SSSR count). The number of carbonyl (C=O) groups is 1. The summed E-state index contributed by atoms with van der Waals surface area (Å²) in [5, 5.41) is 3.72. The normalized spacial score (nSPS) is 23.9. The van der Waals surface area contributed by atoms with Crippen LogP contribution in [0.25, 0.3) is 0 Å². The number of halogens is 3. The van der Waals surface area contributed by atoms with Gasteiger partial charge < -0.3 is 14.5 Å². The zero-order chi connectivity index (χ0) is 21.0. The maximum absolute atomic E-state index is 13.4. The van der Waals surface area contributed by atoms with Crippen molar-refractivity contribution in [2.75, 3.05) is 25.1 Å². The number of hydrogen-bond acceptors (Lipinski definition) is 5. The van der Waals surface area contributed by atoms with Crippen molar-refractivity contribution in [2.24, 2.45) is 0 Å². The number of anilines is 1. The molecule has 160 valence electrons. The van der Waals surface area contributed by atoms with Gasteiger partial charge in [0.2, 0.25) is 0 Å². The van der Waals surface area contributed by atoms with Gasteiger partial charge in [0.25, 0.3) is 5.91 Å². The maximum atomic E-state index is 13.4. The average Bonchev–Trinajstić information content (AvgIpc) is 3.36. The molecule has 1 saturated carbocycles. The Labute approximate surface area is 171 Å². The lowest BCUT2D eigenvalue weighted by Gasteiger charge is -2.26. The van der Waals surface area contributed by atoms with Crippen LogP contribution in [0.1, 0.15) is 47.1 Å². The molecule has 0 spiro atoms. The molecule has 2 atom stereocenters. The Kier molecular flexibility index (Phi) is 4.49. The molecule has 2 aromatic heterocycles. The predicted molar refractivity (Wildman–Crippen MR) is 101 cm³/mol. The fourth-order valence-corrected chi connectivity index (χ4v) is 4.42. The SMILES string of the molecule is CO[C@@H]1C[C@H]2CN(C(=O)c3cc(C(F)(F)F)nn3C3CC3)Cc3cccnc3N2C1. The van der Waals surface area contributed by atoms with Crippen molar-refractivity contribution in [2.45, 2.75) is 50.2 Å². The van der Waals surface area contributed by atoms with Crippen LogP contribution in [0.5, 0.6) is 0 Å². The summed E-state index contributed by atoms with van der Waals surface area (Å²) in [6.07, 6.45) is -0.653. The van der Waals surface area contributed by atoms with E-state index in [0.29, 0.717) is 19.6 Å². The minimum absolute atomic E-state index is 0.00463. The highest BCUT2D eigenvalue weighted by molar-refractivity contribution is 5.93. The Morgan fingerprint density at radius 3 is 2.73 bits per heavy atom. The van der Waals surface area contributed by atoms with Crippen LogP contribution in [0.3, 0.4) is 0 Å². The van der Waals surface area contributed by atoms with Gasteiger partial charge in [-0.25, -0.2) is 4.98 Å². The van der Waals surface area contributed by atoms with E-state index in [9.17, 15) is 18.0 Å². The van der Waals surface area contributed by atoms with Gasteiger partial charge in [-0.2, -0.15) is 18.3 Å². The summed E-state index contributed by atoms with van der Waals surface area (Å²) in [6.45, 7) is 1.36. The van der Waals surface area contributed by atoms with E-state index in [2.05, 4.69) is 15.0 Å². The van der Waals surface area contributed by atoms with Crippen molar-refractivity contribution >= 4 is 11.7 Å². The molecule has 2 fully saturated rings. The second-order valence-electron chi connectivity index (χ2n) is 8.16. The first kappa shape index (κ1) is 19.3. The number of aromatic nitrogens is 3. The molecule has 0 radical (unpaired) electrons. The Morgan fingerprint density at radius 1 is 1.23 bits per heavy atom. The molecular weight excluding hydrogens is 399 g/mol. The minimum Gasteiger partial charge on any atom is -0.380 e. The Hall–Kier alpha value is -2.62. The highest BCUT2D eigenvalue weighted by Crippen LogP contribution is 2.39. The third-order valence-corrected chi connectivity index (χ3v) is 6.07.